The second kappa shape index (κ2) is 3.20. The molecule has 1 aliphatic heterocycles. The molecular weight excluding hydrogens is 178 g/mol. The maximum absolute atomic E-state index is 11.3. The third-order valence-corrected chi connectivity index (χ3v) is 2.72. The van der Waals surface area contributed by atoms with Crippen LogP contribution >= 0.6 is 0 Å². The Kier molecular flexibility index (Phi) is 2.15. The number of aryl methyl sites for hydroxylation is 1. The third kappa shape index (κ3) is 1.35. The van der Waals surface area contributed by atoms with Crippen molar-refractivity contribution < 1.29 is 4.79 Å². The van der Waals surface area contributed by atoms with Gasteiger partial charge in [0, 0.05) is 26.6 Å². The first-order valence-electron chi connectivity index (χ1n) is 4.85. The number of imidazole rings is 1. The molecule has 1 aliphatic rings. The number of aromatic nitrogens is 2. The summed E-state index contributed by atoms with van der Waals surface area (Å²) in [6.45, 7) is 6.34. The van der Waals surface area contributed by atoms with Crippen LogP contribution in [0.1, 0.15) is 28.9 Å². The molecule has 4 nitrogen and oxygen atoms in total. The Hall–Kier alpha value is -1.16. The van der Waals surface area contributed by atoms with Gasteiger partial charge in [-0.1, -0.05) is 0 Å². The van der Waals surface area contributed by atoms with Gasteiger partial charge in [0.2, 0.25) is 0 Å². The average molecular weight is 193 g/mol. The predicted molar refractivity (Wildman–Crippen MR) is 53.3 cm³/mol. The zero-order chi connectivity index (χ0) is 10.3. The van der Waals surface area contributed by atoms with E-state index in [-0.39, 0.29) is 5.78 Å². The van der Waals surface area contributed by atoms with Crippen LogP contribution in [0.5, 0.6) is 0 Å². The Morgan fingerprint density at radius 3 is 2.79 bits per heavy atom. The Balaban J connectivity index is 2.50. The van der Waals surface area contributed by atoms with Crippen molar-refractivity contribution in [2.45, 2.75) is 26.9 Å². The topological polar surface area (TPSA) is 38.1 Å². The Morgan fingerprint density at radius 2 is 2.14 bits per heavy atom. The molecule has 0 amide bonds. The van der Waals surface area contributed by atoms with Gasteiger partial charge in [-0.2, -0.15) is 0 Å². The van der Waals surface area contributed by atoms with Crippen LogP contribution in [0.3, 0.4) is 0 Å². The lowest BCUT2D eigenvalue weighted by atomic mass is 10.2. The fourth-order valence-electron chi connectivity index (χ4n) is 1.95. The molecule has 2 rings (SSSR count). The summed E-state index contributed by atoms with van der Waals surface area (Å²) in [5, 5.41) is 0. The fourth-order valence-corrected chi connectivity index (χ4v) is 1.95. The quantitative estimate of drug-likeness (QED) is 0.620. The molecule has 0 spiro atoms. The zero-order valence-electron chi connectivity index (χ0n) is 8.87. The second-order valence-corrected chi connectivity index (χ2v) is 3.90. The number of hydrogen-bond acceptors (Lipinski definition) is 3. The Bertz CT molecular complexity index is 381. The summed E-state index contributed by atoms with van der Waals surface area (Å²) in [4.78, 5) is 17.9. The minimum absolute atomic E-state index is 0.0668. The van der Waals surface area contributed by atoms with Crippen LogP contribution in [0.2, 0.25) is 0 Å². The van der Waals surface area contributed by atoms with E-state index in [0.29, 0.717) is 5.69 Å². The summed E-state index contributed by atoms with van der Waals surface area (Å²) < 4.78 is 2.15. The SMILES string of the molecule is CC(=O)c1nc(C)n2c1CN(C)CC2. The molecule has 2 heterocycles. The van der Waals surface area contributed by atoms with Crippen molar-refractivity contribution in [1.82, 2.24) is 14.5 Å². The molecule has 0 N–H and O–H groups in total. The molecule has 0 fully saturated rings. The molecule has 76 valence electrons. The minimum atomic E-state index is 0.0668. The van der Waals surface area contributed by atoms with Gasteiger partial charge in [-0.15, -0.1) is 0 Å². The van der Waals surface area contributed by atoms with Gasteiger partial charge in [0.1, 0.15) is 11.5 Å². The predicted octanol–water partition coefficient (Wildman–Crippen LogP) is 0.840. The van der Waals surface area contributed by atoms with Crippen molar-refractivity contribution in [3.63, 3.8) is 0 Å². The van der Waals surface area contributed by atoms with E-state index < -0.39 is 0 Å². The van der Waals surface area contributed by atoms with Crippen molar-refractivity contribution in [3.8, 4) is 0 Å². The highest BCUT2D eigenvalue weighted by Crippen LogP contribution is 2.18. The maximum atomic E-state index is 11.3. The van der Waals surface area contributed by atoms with Gasteiger partial charge in [0.25, 0.3) is 0 Å². The molecule has 1 aromatic heterocycles. The highest BCUT2D eigenvalue weighted by Gasteiger charge is 2.22. The molecular formula is C10H15N3O. The van der Waals surface area contributed by atoms with Crippen LogP contribution in [0, 0.1) is 6.92 Å². The molecule has 4 heteroatoms. The standard InChI is InChI=1S/C10H15N3O/c1-7(14)10-9-6-12(3)4-5-13(9)8(2)11-10/h4-6H2,1-3H3. The lowest BCUT2D eigenvalue weighted by Gasteiger charge is -2.25. The maximum Gasteiger partial charge on any atom is 0.180 e. The summed E-state index contributed by atoms with van der Waals surface area (Å²) in [5.74, 6) is 1.02. The van der Waals surface area contributed by atoms with E-state index >= 15 is 0 Å². The highest BCUT2D eigenvalue weighted by molar-refractivity contribution is 5.93. The molecule has 0 aromatic carbocycles. The number of likely N-dealkylation sites (N-methyl/N-ethyl adjacent to an activating group) is 1. The van der Waals surface area contributed by atoms with Gasteiger partial charge in [-0.3, -0.25) is 9.69 Å². The largest absolute Gasteiger partial charge is 0.329 e. The summed E-state index contributed by atoms with van der Waals surface area (Å²) in [7, 11) is 2.07. The van der Waals surface area contributed by atoms with Crippen molar-refractivity contribution in [2.24, 2.45) is 0 Å². The van der Waals surface area contributed by atoms with Gasteiger partial charge in [-0.25, -0.2) is 4.98 Å². The number of Topliss-reactive ketones (excluding diaryl/α,β-unsaturated/α-hetero) is 1. The van der Waals surface area contributed by atoms with Gasteiger partial charge < -0.3 is 4.57 Å². The summed E-state index contributed by atoms with van der Waals surface area (Å²) >= 11 is 0. The van der Waals surface area contributed by atoms with Gasteiger partial charge in [0.15, 0.2) is 5.78 Å². The Labute approximate surface area is 83.5 Å². The molecule has 0 saturated carbocycles. The summed E-state index contributed by atoms with van der Waals surface area (Å²) in [6, 6.07) is 0. The van der Waals surface area contributed by atoms with E-state index in [1.54, 1.807) is 6.92 Å². The monoisotopic (exact) mass is 193 g/mol. The van der Waals surface area contributed by atoms with Crippen molar-refractivity contribution in [3.05, 3.63) is 17.2 Å². The number of carbonyl (C=O) groups excluding carboxylic acids is 1. The molecule has 0 atom stereocenters. The molecule has 0 saturated heterocycles. The van der Waals surface area contributed by atoms with Crippen LogP contribution in [0.15, 0.2) is 0 Å². The molecule has 1 aromatic rings. The summed E-state index contributed by atoms with van der Waals surface area (Å²) in [6.07, 6.45) is 0. The van der Waals surface area contributed by atoms with Crippen LogP contribution in [-0.4, -0.2) is 33.8 Å². The number of nitrogens with zero attached hydrogens (tertiary/aromatic N) is 3. The third-order valence-electron chi connectivity index (χ3n) is 2.72. The summed E-state index contributed by atoms with van der Waals surface area (Å²) in [5.41, 5.74) is 1.72. The fraction of sp³-hybridized carbons (Fsp3) is 0.600. The lowest BCUT2D eigenvalue weighted by molar-refractivity contribution is 0.101. The number of fused-ring (bicyclic) bond motifs is 1. The second-order valence-electron chi connectivity index (χ2n) is 3.90. The van der Waals surface area contributed by atoms with E-state index in [9.17, 15) is 4.79 Å². The van der Waals surface area contributed by atoms with E-state index in [2.05, 4.69) is 21.5 Å². The number of carbonyl (C=O) groups is 1. The molecule has 0 unspecified atom stereocenters. The van der Waals surface area contributed by atoms with Gasteiger partial charge >= 0.3 is 0 Å². The first-order chi connectivity index (χ1) is 6.59. The number of rotatable bonds is 1. The van der Waals surface area contributed by atoms with E-state index in [1.807, 2.05) is 6.92 Å². The normalized spacial score (nSPS) is 16.8. The molecule has 0 bridgehead atoms. The van der Waals surface area contributed by atoms with E-state index in [1.165, 1.54) is 0 Å². The van der Waals surface area contributed by atoms with E-state index in [4.69, 9.17) is 0 Å². The van der Waals surface area contributed by atoms with Crippen molar-refractivity contribution in [2.75, 3.05) is 13.6 Å². The smallest absolute Gasteiger partial charge is 0.180 e. The Morgan fingerprint density at radius 1 is 1.43 bits per heavy atom. The number of ketones is 1. The highest BCUT2D eigenvalue weighted by atomic mass is 16.1. The van der Waals surface area contributed by atoms with Crippen LogP contribution in [0.25, 0.3) is 0 Å². The van der Waals surface area contributed by atoms with Crippen LogP contribution in [-0.2, 0) is 13.1 Å². The van der Waals surface area contributed by atoms with Crippen LogP contribution in [0.4, 0.5) is 0 Å². The zero-order valence-corrected chi connectivity index (χ0v) is 8.87. The van der Waals surface area contributed by atoms with Crippen molar-refractivity contribution >= 4 is 5.78 Å². The first-order valence-corrected chi connectivity index (χ1v) is 4.85. The van der Waals surface area contributed by atoms with Crippen molar-refractivity contribution in [1.29, 1.82) is 0 Å². The molecule has 14 heavy (non-hydrogen) atoms. The molecule has 0 aliphatic carbocycles. The molecule has 0 radical (unpaired) electrons. The average Bonchev–Trinajstić information content (AvgIpc) is 2.43. The first kappa shape index (κ1) is 9.40. The van der Waals surface area contributed by atoms with E-state index in [0.717, 1.165) is 31.2 Å². The minimum Gasteiger partial charge on any atom is -0.329 e. The number of hydrogen-bond donors (Lipinski definition) is 0. The van der Waals surface area contributed by atoms with Crippen LogP contribution < -0.4 is 0 Å². The van der Waals surface area contributed by atoms with Gasteiger partial charge in [0.05, 0.1) is 5.69 Å². The lowest BCUT2D eigenvalue weighted by Crippen LogP contribution is -2.31. The van der Waals surface area contributed by atoms with Gasteiger partial charge in [-0.05, 0) is 14.0 Å².